The SMILES string of the molecule is Cc1cccc(N2CC(CNS(=O)(=O)c3ccccc3C)OC2=O)c1. The van der Waals surface area contributed by atoms with Gasteiger partial charge in [-0.25, -0.2) is 17.9 Å². The number of carbonyl (C=O) groups excluding carboxylic acids is 1. The first-order valence-corrected chi connectivity index (χ1v) is 9.45. The van der Waals surface area contributed by atoms with Gasteiger partial charge in [-0.1, -0.05) is 30.3 Å². The molecule has 6 nitrogen and oxygen atoms in total. The van der Waals surface area contributed by atoms with Crippen LogP contribution < -0.4 is 9.62 Å². The molecule has 0 bridgehead atoms. The Morgan fingerprint density at radius 2 is 1.92 bits per heavy atom. The Kier molecular flexibility index (Phi) is 4.78. The Balaban J connectivity index is 1.67. The van der Waals surface area contributed by atoms with Gasteiger partial charge in [0.2, 0.25) is 10.0 Å². The Hall–Kier alpha value is -2.38. The van der Waals surface area contributed by atoms with E-state index in [0.717, 1.165) is 11.3 Å². The molecule has 132 valence electrons. The first-order chi connectivity index (χ1) is 11.9. The fourth-order valence-electron chi connectivity index (χ4n) is 2.77. The molecule has 1 heterocycles. The zero-order chi connectivity index (χ0) is 18.0. The molecule has 0 saturated carbocycles. The number of amides is 1. The minimum atomic E-state index is -3.64. The van der Waals surface area contributed by atoms with Gasteiger partial charge in [-0.3, -0.25) is 4.90 Å². The lowest BCUT2D eigenvalue weighted by atomic mass is 10.2. The average molecular weight is 360 g/mol. The molecule has 1 unspecified atom stereocenters. The molecular weight excluding hydrogens is 340 g/mol. The summed E-state index contributed by atoms with van der Waals surface area (Å²) >= 11 is 0. The molecule has 0 radical (unpaired) electrons. The summed E-state index contributed by atoms with van der Waals surface area (Å²) in [7, 11) is -3.64. The second-order valence-corrected chi connectivity index (χ2v) is 7.81. The molecule has 1 saturated heterocycles. The summed E-state index contributed by atoms with van der Waals surface area (Å²) in [6.45, 7) is 4.02. The number of aryl methyl sites for hydroxylation is 2. The maximum atomic E-state index is 12.4. The molecule has 0 aromatic heterocycles. The maximum Gasteiger partial charge on any atom is 0.414 e. The topological polar surface area (TPSA) is 75.7 Å². The highest BCUT2D eigenvalue weighted by atomic mass is 32.2. The first kappa shape index (κ1) is 17.4. The normalized spacial score (nSPS) is 17.6. The van der Waals surface area contributed by atoms with Crippen LogP contribution in [0.3, 0.4) is 0 Å². The number of anilines is 1. The number of ether oxygens (including phenoxy) is 1. The second kappa shape index (κ2) is 6.85. The van der Waals surface area contributed by atoms with E-state index in [9.17, 15) is 13.2 Å². The van der Waals surface area contributed by atoms with Crippen molar-refractivity contribution in [3.8, 4) is 0 Å². The van der Waals surface area contributed by atoms with Crippen LogP contribution in [0.15, 0.2) is 53.4 Å². The summed E-state index contributed by atoms with van der Waals surface area (Å²) in [5.41, 5.74) is 2.45. The third-order valence-electron chi connectivity index (χ3n) is 4.07. The largest absolute Gasteiger partial charge is 0.443 e. The van der Waals surface area contributed by atoms with Crippen molar-refractivity contribution in [1.82, 2.24) is 4.72 Å². The Morgan fingerprint density at radius 1 is 1.16 bits per heavy atom. The molecular formula is C18H20N2O4S. The highest BCUT2D eigenvalue weighted by Crippen LogP contribution is 2.22. The molecule has 1 N–H and O–H groups in total. The van der Waals surface area contributed by atoms with E-state index in [1.807, 2.05) is 31.2 Å². The molecule has 1 amide bonds. The minimum absolute atomic E-state index is 0.0325. The van der Waals surface area contributed by atoms with E-state index in [2.05, 4.69) is 4.72 Å². The van der Waals surface area contributed by atoms with Crippen molar-refractivity contribution in [2.24, 2.45) is 0 Å². The zero-order valence-electron chi connectivity index (χ0n) is 14.1. The highest BCUT2D eigenvalue weighted by molar-refractivity contribution is 7.89. The number of hydrogen-bond acceptors (Lipinski definition) is 4. The van der Waals surface area contributed by atoms with Crippen LogP contribution in [0, 0.1) is 13.8 Å². The summed E-state index contributed by atoms with van der Waals surface area (Å²) in [5, 5.41) is 0. The highest BCUT2D eigenvalue weighted by Gasteiger charge is 2.33. The first-order valence-electron chi connectivity index (χ1n) is 7.97. The smallest absolute Gasteiger partial charge is 0.414 e. The summed E-state index contributed by atoms with van der Waals surface area (Å²) in [4.78, 5) is 13.8. The van der Waals surface area contributed by atoms with Crippen molar-refractivity contribution < 1.29 is 17.9 Å². The van der Waals surface area contributed by atoms with E-state index >= 15 is 0 Å². The second-order valence-electron chi connectivity index (χ2n) is 6.07. The van der Waals surface area contributed by atoms with Crippen LogP contribution >= 0.6 is 0 Å². The zero-order valence-corrected chi connectivity index (χ0v) is 14.9. The number of nitrogens with zero attached hydrogens (tertiary/aromatic N) is 1. The Labute approximate surface area is 147 Å². The number of rotatable bonds is 5. The molecule has 7 heteroatoms. The monoisotopic (exact) mass is 360 g/mol. The number of benzene rings is 2. The van der Waals surface area contributed by atoms with E-state index in [-0.39, 0.29) is 11.4 Å². The minimum Gasteiger partial charge on any atom is -0.443 e. The Morgan fingerprint density at radius 3 is 2.64 bits per heavy atom. The predicted molar refractivity (Wildman–Crippen MR) is 95.2 cm³/mol. The van der Waals surface area contributed by atoms with Crippen LogP contribution in [0.25, 0.3) is 0 Å². The summed E-state index contributed by atoms with van der Waals surface area (Å²) in [6, 6.07) is 14.3. The number of hydrogen-bond donors (Lipinski definition) is 1. The lowest BCUT2D eigenvalue weighted by Crippen LogP contribution is -2.34. The average Bonchev–Trinajstić information content (AvgIpc) is 2.94. The van der Waals surface area contributed by atoms with Gasteiger partial charge in [-0.15, -0.1) is 0 Å². The van der Waals surface area contributed by atoms with E-state index in [4.69, 9.17) is 4.74 Å². The number of sulfonamides is 1. The standard InChI is InChI=1S/C18H20N2O4S/c1-13-6-5-8-15(10-13)20-12-16(24-18(20)21)11-19-25(22,23)17-9-4-3-7-14(17)2/h3-10,16,19H,11-12H2,1-2H3. The van der Waals surface area contributed by atoms with Crippen LogP contribution in [0.5, 0.6) is 0 Å². The molecule has 1 aliphatic rings. The predicted octanol–water partition coefficient (Wildman–Crippen LogP) is 2.61. The quantitative estimate of drug-likeness (QED) is 0.889. The van der Waals surface area contributed by atoms with Gasteiger partial charge in [0.1, 0.15) is 6.10 Å². The van der Waals surface area contributed by atoms with Crippen molar-refractivity contribution in [3.63, 3.8) is 0 Å². The van der Waals surface area contributed by atoms with Crippen LogP contribution in [0.1, 0.15) is 11.1 Å². The van der Waals surface area contributed by atoms with Crippen LogP contribution in [-0.4, -0.2) is 33.7 Å². The van der Waals surface area contributed by atoms with Gasteiger partial charge in [0.25, 0.3) is 0 Å². The summed E-state index contributed by atoms with van der Waals surface area (Å²) in [6.07, 6.45) is -1.00. The van der Waals surface area contributed by atoms with Crippen molar-refractivity contribution in [1.29, 1.82) is 0 Å². The van der Waals surface area contributed by atoms with Crippen LogP contribution in [0.4, 0.5) is 10.5 Å². The van der Waals surface area contributed by atoms with Crippen molar-refractivity contribution in [2.45, 2.75) is 24.8 Å². The van der Waals surface area contributed by atoms with Gasteiger partial charge in [-0.2, -0.15) is 0 Å². The van der Waals surface area contributed by atoms with E-state index in [1.165, 1.54) is 4.90 Å². The van der Waals surface area contributed by atoms with Gasteiger partial charge in [0.15, 0.2) is 0 Å². The fourth-order valence-corrected chi connectivity index (χ4v) is 4.08. The molecule has 1 fully saturated rings. The van der Waals surface area contributed by atoms with Crippen molar-refractivity contribution >= 4 is 21.8 Å². The van der Waals surface area contributed by atoms with Crippen molar-refractivity contribution in [3.05, 3.63) is 59.7 Å². The molecule has 2 aromatic rings. The number of nitrogens with one attached hydrogen (secondary N) is 1. The number of cyclic esters (lactones) is 1. The molecule has 2 aromatic carbocycles. The molecule has 1 aliphatic heterocycles. The Bertz CT molecular complexity index is 895. The number of carbonyl (C=O) groups is 1. The van der Waals surface area contributed by atoms with Gasteiger partial charge in [0, 0.05) is 12.2 Å². The van der Waals surface area contributed by atoms with E-state index in [0.29, 0.717) is 12.1 Å². The van der Waals surface area contributed by atoms with Crippen molar-refractivity contribution in [2.75, 3.05) is 18.0 Å². The summed E-state index contributed by atoms with van der Waals surface area (Å²) in [5.74, 6) is 0. The van der Waals surface area contributed by atoms with E-state index < -0.39 is 22.2 Å². The lowest BCUT2D eigenvalue weighted by molar-refractivity contribution is 0.143. The third kappa shape index (κ3) is 3.83. The maximum absolute atomic E-state index is 12.4. The fraction of sp³-hybridized carbons (Fsp3) is 0.278. The van der Waals surface area contributed by atoms with Crippen LogP contribution in [-0.2, 0) is 14.8 Å². The lowest BCUT2D eigenvalue weighted by Gasteiger charge is -2.14. The third-order valence-corrected chi connectivity index (χ3v) is 5.66. The molecule has 3 rings (SSSR count). The molecule has 25 heavy (non-hydrogen) atoms. The van der Waals surface area contributed by atoms with Crippen LogP contribution in [0.2, 0.25) is 0 Å². The van der Waals surface area contributed by atoms with Gasteiger partial charge in [0.05, 0.1) is 11.4 Å². The van der Waals surface area contributed by atoms with Gasteiger partial charge in [-0.05, 0) is 43.2 Å². The summed E-state index contributed by atoms with van der Waals surface area (Å²) < 4.78 is 32.7. The molecule has 0 spiro atoms. The van der Waals surface area contributed by atoms with Gasteiger partial charge < -0.3 is 4.74 Å². The molecule has 1 atom stereocenters. The van der Waals surface area contributed by atoms with Gasteiger partial charge >= 0.3 is 6.09 Å². The van der Waals surface area contributed by atoms with E-state index in [1.54, 1.807) is 31.2 Å². The molecule has 0 aliphatic carbocycles.